The first-order valence-electron chi connectivity index (χ1n) is 5.57. The summed E-state index contributed by atoms with van der Waals surface area (Å²) in [5, 5.41) is 5.50. The summed E-state index contributed by atoms with van der Waals surface area (Å²) in [7, 11) is 1.43. The van der Waals surface area contributed by atoms with E-state index in [0.717, 1.165) is 0 Å². The molecule has 0 aliphatic heterocycles. The second-order valence-corrected chi connectivity index (χ2v) is 4.42. The van der Waals surface area contributed by atoms with Crippen molar-refractivity contribution in [3.8, 4) is 5.75 Å². The molecular formula is C12H14Cl2N2O3. The first-order valence-corrected chi connectivity index (χ1v) is 6.33. The lowest BCUT2D eigenvalue weighted by atomic mass is 10.2. The number of halogens is 2. The van der Waals surface area contributed by atoms with Crippen molar-refractivity contribution < 1.29 is 14.3 Å². The fraction of sp³-hybridized carbons (Fsp3) is 0.333. The zero-order valence-corrected chi connectivity index (χ0v) is 12.1. The SMILES string of the molecule is CCNC(=O)CNC(=O)c1cc(Cl)c(OC)c(Cl)c1. The molecule has 5 nitrogen and oxygen atoms in total. The average Bonchev–Trinajstić information content (AvgIpc) is 2.36. The van der Waals surface area contributed by atoms with Crippen molar-refractivity contribution in [3.05, 3.63) is 27.7 Å². The van der Waals surface area contributed by atoms with Crippen LogP contribution in [-0.2, 0) is 4.79 Å². The molecule has 19 heavy (non-hydrogen) atoms. The van der Waals surface area contributed by atoms with Gasteiger partial charge in [-0.3, -0.25) is 9.59 Å². The zero-order chi connectivity index (χ0) is 14.4. The van der Waals surface area contributed by atoms with E-state index in [1.165, 1.54) is 19.2 Å². The molecule has 0 bridgehead atoms. The third kappa shape index (κ3) is 4.29. The van der Waals surface area contributed by atoms with Gasteiger partial charge in [0.1, 0.15) is 0 Å². The van der Waals surface area contributed by atoms with Crippen LogP contribution in [0.5, 0.6) is 5.75 Å². The van der Waals surface area contributed by atoms with Crippen LogP contribution in [0.1, 0.15) is 17.3 Å². The molecule has 0 aromatic heterocycles. The maximum atomic E-state index is 11.8. The molecule has 0 saturated carbocycles. The molecule has 2 N–H and O–H groups in total. The highest BCUT2D eigenvalue weighted by Gasteiger charge is 2.14. The number of amides is 2. The van der Waals surface area contributed by atoms with Gasteiger partial charge in [0.25, 0.3) is 5.91 Å². The molecule has 1 aromatic rings. The molecule has 0 fully saturated rings. The summed E-state index contributed by atoms with van der Waals surface area (Å²) < 4.78 is 4.98. The molecule has 104 valence electrons. The largest absolute Gasteiger partial charge is 0.494 e. The van der Waals surface area contributed by atoms with E-state index in [1.54, 1.807) is 6.92 Å². The normalized spacial score (nSPS) is 9.89. The summed E-state index contributed by atoms with van der Waals surface area (Å²) in [6.45, 7) is 2.20. The number of hydrogen-bond acceptors (Lipinski definition) is 3. The monoisotopic (exact) mass is 304 g/mol. The second kappa shape index (κ2) is 7.21. The van der Waals surface area contributed by atoms with Gasteiger partial charge in [-0.2, -0.15) is 0 Å². The van der Waals surface area contributed by atoms with Crippen LogP contribution in [0.15, 0.2) is 12.1 Å². The van der Waals surface area contributed by atoms with Gasteiger partial charge in [-0.25, -0.2) is 0 Å². The highest BCUT2D eigenvalue weighted by molar-refractivity contribution is 6.37. The molecule has 0 aliphatic rings. The fourth-order valence-corrected chi connectivity index (χ4v) is 2.05. The van der Waals surface area contributed by atoms with Crippen LogP contribution in [0.3, 0.4) is 0 Å². The van der Waals surface area contributed by atoms with E-state index in [2.05, 4.69) is 10.6 Å². The van der Waals surface area contributed by atoms with Gasteiger partial charge in [0.2, 0.25) is 5.91 Å². The molecule has 0 atom stereocenters. The smallest absolute Gasteiger partial charge is 0.251 e. The summed E-state index contributed by atoms with van der Waals surface area (Å²) in [5.41, 5.74) is 0.264. The van der Waals surface area contributed by atoms with Gasteiger partial charge in [-0.15, -0.1) is 0 Å². The third-order valence-electron chi connectivity index (χ3n) is 2.25. The van der Waals surface area contributed by atoms with Crippen LogP contribution in [0.25, 0.3) is 0 Å². The highest BCUT2D eigenvalue weighted by atomic mass is 35.5. The topological polar surface area (TPSA) is 67.4 Å². The minimum atomic E-state index is -0.433. The molecule has 0 spiro atoms. The van der Waals surface area contributed by atoms with Crippen molar-refractivity contribution in [1.29, 1.82) is 0 Å². The van der Waals surface area contributed by atoms with Crippen LogP contribution >= 0.6 is 23.2 Å². The molecule has 0 saturated heterocycles. The lowest BCUT2D eigenvalue weighted by Gasteiger charge is -2.09. The molecule has 7 heteroatoms. The predicted molar refractivity (Wildman–Crippen MR) is 74.0 cm³/mol. The van der Waals surface area contributed by atoms with Crippen LogP contribution in [-0.4, -0.2) is 32.0 Å². The minimum Gasteiger partial charge on any atom is -0.494 e. The Kier molecular flexibility index (Phi) is 5.92. The molecule has 0 radical (unpaired) electrons. The van der Waals surface area contributed by atoms with E-state index < -0.39 is 5.91 Å². The van der Waals surface area contributed by atoms with Gasteiger partial charge < -0.3 is 15.4 Å². The highest BCUT2D eigenvalue weighted by Crippen LogP contribution is 2.33. The number of rotatable bonds is 5. The maximum absolute atomic E-state index is 11.8. The van der Waals surface area contributed by atoms with Crippen LogP contribution < -0.4 is 15.4 Å². The van der Waals surface area contributed by atoms with Gasteiger partial charge >= 0.3 is 0 Å². The number of benzene rings is 1. The van der Waals surface area contributed by atoms with E-state index in [1.807, 2.05) is 0 Å². The molecule has 1 rings (SSSR count). The van der Waals surface area contributed by atoms with Crippen LogP contribution in [0.2, 0.25) is 10.0 Å². The number of hydrogen-bond donors (Lipinski definition) is 2. The van der Waals surface area contributed by atoms with Gasteiger partial charge in [0.15, 0.2) is 5.75 Å². The van der Waals surface area contributed by atoms with Crippen molar-refractivity contribution in [2.24, 2.45) is 0 Å². The Balaban J connectivity index is 2.75. The second-order valence-electron chi connectivity index (χ2n) is 3.61. The number of ether oxygens (including phenoxy) is 1. The molecule has 2 amide bonds. The van der Waals surface area contributed by atoms with Gasteiger partial charge in [-0.05, 0) is 19.1 Å². The standard InChI is InChI=1S/C12H14Cl2N2O3/c1-3-15-10(17)6-16-12(18)7-4-8(13)11(19-2)9(14)5-7/h4-5H,3,6H2,1-2H3,(H,15,17)(H,16,18). The molecular weight excluding hydrogens is 291 g/mol. The molecule has 1 aromatic carbocycles. The number of methoxy groups -OCH3 is 1. The maximum Gasteiger partial charge on any atom is 0.251 e. The Hall–Kier alpha value is -1.46. The van der Waals surface area contributed by atoms with Gasteiger partial charge in [-0.1, -0.05) is 23.2 Å². The van der Waals surface area contributed by atoms with Gasteiger partial charge in [0.05, 0.1) is 23.7 Å². The third-order valence-corrected chi connectivity index (χ3v) is 2.81. The first kappa shape index (κ1) is 15.6. The number of likely N-dealkylation sites (N-methyl/N-ethyl adjacent to an activating group) is 1. The molecule has 0 unspecified atom stereocenters. The number of carbonyl (C=O) groups is 2. The van der Waals surface area contributed by atoms with E-state index in [4.69, 9.17) is 27.9 Å². The quantitative estimate of drug-likeness (QED) is 0.872. The summed E-state index contributed by atoms with van der Waals surface area (Å²) in [4.78, 5) is 23.0. The summed E-state index contributed by atoms with van der Waals surface area (Å²) in [6, 6.07) is 2.86. The van der Waals surface area contributed by atoms with Crippen LogP contribution in [0.4, 0.5) is 0 Å². The van der Waals surface area contributed by atoms with E-state index in [0.29, 0.717) is 12.3 Å². The van der Waals surface area contributed by atoms with Gasteiger partial charge in [0, 0.05) is 12.1 Å². The van der Waals surface area contributed by atoms with Crippen molar-refractivity contribution in [2.75, 3.05) is 20.2 Å². The first-order chi connectivity index (χ1) is 8.99. The Bertz CT molecular complexity index is 469. The lowest BCUT2D eigenvalue weighted by molar-refractivity contribution is -0.120. The van der Waals surface area contributed by atoms with E-state index in [-0.39, 0.29) is 28.1 Å². The van der Waals surface area contributed by atoms with Crippen molar-refractivity contribution in [3.63, 3.8) is 0 Å². The Morgan fingerprint density at radius 2 is 1.79 bits per heavy atom. The van der Waals surface area contributed by atoms with E-state index >= 15 is 0 Å². The molecule has 0 heterocycles. The number of carbonyl (C=O) groups excluding carboxylic acids is 2. The minimum absolute atomic E-state index is 0.103. The summed E-state index contributed by atoms with van der Waals surface area (Å²) in [6.07, 6.45) is 0. The average molecular weight is 305 g/mol. The van der Waals surface area contributed by atoms with E-state index in [9.17, 15) is 9.59 Å². The molecule has 0 aliphatic carbocycles. The van der Waals surface area contributed by atoms with Crippen LogP contribution in [0, 0.1) is 0 Å². The Morgan fingerprint density at radius 3 is 2.26 bits per heavy atom. The zero-order valence-electron chi connectivity index (χ0n) is 10.5. The summed E-state index contributed by atoms with van der Waals surface area (Å²) in [5.74, 6) is -0.386. The lowest BCUT2D eigenvalue weighted by Crippen LogP contribution is -2.36. The van der Waals surface area contributed by atoms with Crippen molar-refractivity contribution in [1.82, 2.24) is 10.6 Å². The summed E-state index contributed by atoms with van der Waals surface area (Å²) >= 11 is 11.8. The van der Waals surface area contributed by atoms with Crippen molar-refractivity contribution >= 4 is 35.0 Å². The fourth-order valence-electron chi connectivity index (χ4n) is 1.41. The van der Waals surface area contributed by atoms with Crippen molar-refractivity contribution in [2.45, 2.75) is 6.92 Å². The predicted octanol–water partition coefficient (Wildman–Crippen LogP) is 1.87. The number of nitrogens with one attached hydrogen (secondary N) is 2. The Labute approximate surface area is 121 Å². The Morgan fingerprint density at radius 1 is 1.21 bits per heavy atom.